The number of thiophene rings is 1. The minimum Gasteiger partial charge on any atom is -0.421 e. The maximum Gasteiger partial charge on any atom is 0.248 e. The predicted molar refractivity (Wildman–Crippen MR) is 116 cm³/mol. The number of hydrogen-bond acceptors (Lipinski definition) is 7. The standard InChI is InChI=1S/C20H24N4O4S2/c1-4-24(5-2)30(26,27)17-12-16(7-6-14(17)3)21-18(25)8-9-19-22-23-20(28-19)15-10-11-29-13-15/h6-7,10-13H,4-5,8-9H2,1-3H3,(H,21,25). The van der Waals surface area contributed by atoms with Crippen molar-refractivity contribution in [2.75, 3.05) is 18.4 Å². The number of aromatic nitrogens is 2. The van der Waals surface area contributed by atoms with E-state index in [1.807, 2.05) is 16.8 Å². The number of hydrogen-bond donors (Lipinski definition) is 1. The molecule has 0 aliphatic rings. The van der Waals surface area contributed by atoms with Gasteiger partial charge < -0.3 is 9.73 Å². The van der Waals surface area contributed by atoms with Crippen LogP contribution in [0.2, 0.25) is 0 Å². The van der Waals surface area contributed by atoms with E-state index in [-0.39, 0.29) is 17.2 Å². The number of nitrogens with zero attached hydrogens (tertiary/aromatic N) is 3. The topological polar surface area (TPSA) is 105 Å². The molecule has 8 nitrogen and oxygen atoms in total. The van der Waals surface area contributed by atoms with Gasteiger partial charge in [0.15, 0.2) is 0 Å². The smallest absolute Gasteiger partial charge is 0.248 e. The summed E-state index contributed by atoms with van der Waals surface area (Å²) in [6.45, 7) is 6.09. The fraction of sp³-hybridized carbons (Fsp3) is 0.350. The molecule has 1 N–H and O–H groups in total. The summed E-state index contributed by atoms with van der Waals surface area (Å²) in [5.74, 6) is 0.539. The molecule has 0 unspecified atom stereocenters. The number of benzene rings is 1. The lowest BCUT2D eigenvalue weighted by atomic mass is 10.2. The Kier molecular flexibility index (Phi) is 7.01. The molecule has 3 aromatic rings. The minimum atomic E-state index is -3.61. The van der Waals surface area contributed by atoms with Crippen molar-refractivity contribution in [3.8, 4) is 11.5 Å². The third kappa shape index (κ3) is 4.94. The molecule has 0 aliphatic heterocycles. The van der Waals surface area contributed by atoms with Crippen LogP contribution >= 0.6 is 11.3 Å². The van der Waals surface area contributed by atoms with Crippen molar-refractivity contribution in [3.05, 3.63) is 46.5 Å². The van der Waals surface area contributed by atoms with Gasteiger partial charge >= 0.3 is 0 Å². The molecule has 3 rings (SSSR count). The molecule has 2 aromatic heterocycles. The molecule has 0 atom stereocenters. The van der Waals surface area contributed by atoms with Crippen LogP contribution in [0.5, 0.6) is 0 Å². The summed E-state index contributed by atoms with van der Waals surface area (Å²) in [6.07, 6.45) is 0.427. The Labute approximate surface area is 180 Å². The van der Waals surface area contributed by atoms with Crippen LogP contribution in [-0.4, -0.2) is 41.9 Å². The van der Waals surface area contributed by atoms with Gasteiger partial charge in [-0.1, -0.05) is 19.9 Å². The first-order valence-electron chi connectivity index (χ1n) is 9.60. The summed E-state index contributed by atoms with van der Waals surface area (Å²) in [4.78, 5) is 12.5. The quantitative estimate of drug-likeness (QED) is 0.535. The Morgan fingerprint density at radius 1 is 1.20 bits per heavy atom. The normalized spacial score (nSPS) is 11.7. The van der Waals surface area contributed by atoms with E-state index in [4.69, 9.17) is 4.42 Å². The summed E-state index contributed by atoms with van der Waals surface area (Å²) in [5.41, 5.74) is 1.91. The highest BCUT2D eigenvalue weighted by Crippen LogP contribution is 2.24. The van der Waals surface area contributed by atoms with Crippen molar-refractivity contribution in [3.63, 3.8) is 0 Å². The van der Waals surface area contributed by atoms with Crippen molar-refractivity contribution >= 4 is 33.0 Å². The molecule has 0 saturated carbocycles. The molecule has 10 heteroatoms. The largest absolute Gasteiger partial charge is 0.421 e. The highest BCUT2D eigenvalue weighted by molar-refractivity contribution is 7.89. The molecule has 2 heterocycles. The van der Waals surface area contributed by atoms with Crippen LogP contribution in [0.15, 0.2) is 44.3 Å². The van der Waals surface area contributed by atoms with Crippen LogP contribution in [0.4, 0.5) is 5.69 Å². The molecule has 1 amide bonds. The van der Waals surface area contributed by atoms with Gasteiger partial charge in [-0.2, -0.15) is 15.6 Å². The molecule has 0 bridgehead atoms. The molecule has 0 radical (unpaired) electrons. The fourth-order valence-corrected chi connectivity index (χ4v) is 5.30. The molecular weight excluding hydrogens is 424 g/mol. The van der Waals surface area contributed by atoms with Crippen LogP contribution in [0, 0.1) is 6.92 Å². The van der Waals surface area contributed by atoms with E-state index in [1.54, 1.807) is 32.9 Å². The summed E-state index contributed by atoms with van der Waals surface area (Å²) in [7, 11) is -3.61. The minimum absolute atomic E-state index is 0.136. The number of sulfonamides is 1. The van der Waals surface area contributed by atoms with Gasteiger partial charge in [0.2, 0.25) is 27.7 Å². The van der Waals surface area contributed by atoms with Gasteiger partial charge in [0.1, 0.15) is 0 Å². The first kappa shape index (κ1) is 22.1. The predicted octanol–water partition coefficient (Wildman–Crippen LogP) is 3.71. The van der Waals surface area contributed by atoms with Gasteiger partial charge in [-0.3, -0.25) is 4.79 Å². The molecule has 0 saturated heterocycles. The Hall–Kier alpha value is -2.56. The van der Waals surface area contributed by atoms with Crippen LogP contribution in [-0.2, 0) is 21.2 Å². The van der Waals surface area contributed by atoms with E-state index >= 15 is 0 Å². The fourth-order valence-electron chi connectivity index (χ4n) is 2.96. The van der Waals surface area contributed by atoms with Crippen LogP contribution in [0.3, 0.4) is 0 Å². The number of aryl methyl sites for hydroxylation is 2. The number of carbonyl (C=O) groups excluding carboxylic acids is 1. The number of nitrogens with one attached hydrogen (secondary N) is 1. The van der Waals surface area contributed by atoms with Gasteiger partial charge in [-0.15, -0.1) is 10.2 Å². The zero-order chi connectivity index (χ0) is 21.7. The van der Waals surface area contributed by atoms with Crippen molar-refractivity contribution in [1.29, 1.82) is 0 Å². The maximum absolute atomic E-state index is 12.9. The first-order valence-corrected chi connectivity index (χ1v) is 12.0. The summed E-state index contributed by atoms with van der Waals surface area (Å²) in [6, 6.07) is 6.77. The van der Waals surface area contributed by atoms with E-state index in [9.17, 15) is 13.2 Å². The Balaban J connectivity index is 1.66. The first-order chi connectivity index (χ1) is 14.3. The average Bonchev–Trinajstić information content (AvgIpc) is 3.40. The second kappa shape index (κ2) is 9.50. The van der Waals surface area contributed by atoms with Crippen LogP contribution in [0.25, 0.3) is 11.5 Å². The van der Waals surface area contributed by atoms with Crippen molar-refractivity contribution < 1.29 is 17.6 Å². The lowest BCUT2D eigenvalue weighted by Gasteiger charge is -2.20. The van der Waals surface area contributed by atoms with Gasteiger partial charge in [-0.05, 0) is 36.1 Å². The van der Waals surface area contributed by atoms with E-state index in [0.717, 1.165) is 5.56 Å². The highest BCUT2D eigenvalue weighted by Gasteiger charge is 2.24. The number of rotatable bonds is 9. The van der Waals surface area contributed by atoms with Crippen LogP contribution < -0.4 is 5.32 Å². The lowest BCUT2D eigenvalue weighted by molar-refractivity contribution is -0.116. The van der Waals surface area contributed by atoms with Crippen molar-refractivity contribution in [1.82, 2.24) is 14.5 Å². The lowest BCUT2D eigenvalue weighted by Crippen LogP contribution is -2.31. The Morgan fingerprint density at radius 3 is 2.63 bits per heavy atom. The summed E-state index contributed by atoms with van der Waals surface area (Å²) >= 11 is 1.53. The van der Waals surface area contributed by atoms with E-state index in [0.29, 0.717) is 42.5 Å². The number of carbonyl (C=O) groups is 1. The van der Waals surface area contributed by atoms with E-state index < -0.39 is 10.0 Å². The molecule has 0 spiro atoms. The van der Waals surface area contributed by atoms with Crippen molar-refractivity contribution in [2.45, 2.75) is 38.5 Å². The summed E-state index contributed by atoms with van der Waals surface area (Å²) in [5, 5.41) is 14.5. The zero-order valence-electron chi connectivity index (χ0n) is 17.1. The number of amides is 1. The molecule has 0 fully saturated rings. The van der Waals surface area contributed by atoms with Gasteiger partial charge in [-0.25, -0.2) is 8.42 Å². The Bertz CT molecular complexity index is 1100. The second-order valence-corrected chi connectivity index (χ2v) is 9.32. The van der Waals surface area contributed by atoms with Crippen molar-refractivity contribution in [2.24, 2.45) is 0 Å². The molecule has 30 heavy (non-hydrogen) atoms. The van der Waals surface area contributed by atoms with Crippen LogP contribution in [0.1, 0.15) is 31.7 Å². The number of anilines is 1. The maximum atomic E-state index is 12.9. The average molecular weight is 449 g/mol. The molecule has 0 aliphatic carbocycles. The SMILES string of the molecule is CCN(CC)S(=O)(=O)c1cc(NC(=O)CCc2nnc(-c3ccsc3)o2)ccc1C. The van der Waals surface area contributed by atoms with Gasteiger partial charge in [0.25, 0.3) is 0 Å². The monoisotopic (exact) mass is 448 g/mol. The molecule has 160 valence electrons. The second-order valence-electron chi connectivity index (χ2n) is 6.63. The Morgan fingerprint density at radius 2 is 1.97 bits per heavy atom. The van der Waals surface area contributed by atoms with E-state index in [1.165, 1.54) is 21.7 Å². The molecular formula is C20H24N4O4S2. The third-order valence-corrected chi connectivity index (χ3v) is 7.47. The van der Waals surface area contributed by atoms with Gasteiger partial charge in [0.05, 0.1) is 4.90 Å². The van der Waals surface area contributed by atoms with Gasteiger partial charge in [0, 0.05) is 42.6 Å². The van der Waals surface area contributed by atoms with E-state index in [2.05, 4.69) is 15.5 Å². The highest BCUT2D eigenvalue weighted by atomic mass is 32.2. The summed E-state index contributed by atoms with van der Waals surface area (Å²) < 4.78 is 32.7. The zero-order valence-corrected chi connectivity index (χ0v) is 18.7. The third-order valence-electron chi connectivity index (χ3n) is 4.60. The molecule has 1 aromatic carbocycles.